The monoisotopic (exact) mass is 381 g/mol. The largest absolute Gasteiger partial charge is 0.508 e. The van der Waals surface area contributed by atoms with E-state index in [0.717, 1.165) is 0 Å². The Labute approximate surface area is 155 Å². The molecule has 0 aliphatic rings. The Morgan fingerprint density at radius 3 is 2.32 bits per heavy atom. The number of carbonyl (C=O) groups is 2. The Bertz CT molecular complexity index is 777. The smallest absolute Gasteiger partial charge is 0.338 e. The second kappa shape index (κ2) is 8.23. The van der Waals surface area contributed by atoms with Crippen LogP contribution in [-0.4, -0.2) is 23.1 Å². The van der Waals surface area contributed by atoms with E-state index in [1.165, 1.54) is 31.2 Å². The Morgan fingerprint density at radius 1 is 1.08 bits per heavy atom. The quantitative estimate of drug-likeness (QED) is 0.763. The number of ether oxygens (including phenoxy) is 1. The molecule has 2 aromatic carbocycles. The van der Waals surface area contributed by atoms with Crippen molar-refractivity contribution >= 4 is 35.1 Å². The van der Waals surface area contributed by atoms with Gasteiger partial charge in [0.2, 0.25) is 0 Å². The molecule has 2 aromatic rings. The molecule has 2 atom stereocenters. The molecule has 5 nitrogen and oxygen atoms in total. The van der Waals surface area contributed by atoms with Gasteiger partial charge >= 0.3 is 5.97 Å². The summed E-state index contributed by atoms with van der Waals surface area (Å²) in [6.45, 7) is 3.24. The fourth-order valence-corrected chi connectivity index (χ4v) is 2.71. The Hall–Kier alpha value is -2.24. The summed E-state index contributed by atoms with van der Waals surface area (Å²) in [7, 11) is 0. The van der Waals surface area contributed by atoms with Crippen molar-refractivity contribution in [2.24, 2.45) is 0 Å². The highest BCUT2D eigenvalue weighted by Gasteiger charge is 2.21. The van der Waals surface area contributed by atoms with Gasteiger partial charge in [0.05, 0.1) is 11.6 Å². The summed E-state index contributed by atoms with van der Waals surface area (Å²) >= 11 is 12.0. The lowest BCUT2D eigenvalue weighted by molar-refractivity contribution is -0.129. The predicted molar refractivity (Wildman–Crippen MR) is 96.0 cm³/mol. The number of phenols is 1. The molecule has 2 N–H and O–H groups in total. The molecule has 1 amide bonds. The van der Waals surface area contributed by atoms with Crippen LogP contribution in [0.2, 0.25) is 10.0 Å². The van der Waals surface area contributed by atoms with Crippen LogP contribution in [0.3, 0.4) is 0 Å². The van der Waals surface area contributed by atoms with Crippen molar-refractivity contribution in [3.63, 3.8) is 0 Å². The fraction of sp³-hybridized carbons (Fsp3) is 0.222. The maximum Gasteiger partial charge on any atom is 0.338 e. The molecular formula is C18H17Cl2NO4. The van der Waals surface area contributed by atoms with Crippen LogP contribution in [0, 0.1) is 0 Å². The van der Waals surface area contributed by atoms with Gasteiger partial charge in [0, 0.05) is 10.0 Å². The third-order valence-electron chi connectivity index (χ3n) is 3.54. The van der Waals surface area contributed by atoms with Gasteiger partial charge in [-0.1, -0.05) is 29.3 Å². The Kier molecular flexibility index (Phi) is 6.28. The third kappa shape index (κ3) is 5.11. The van der Waals surface area contributed by atoms with E-state index in [9.17, 15) is 14.7 Å². The molecule has 0 aliphatic heterocycles. The summed E-state index contributed by atoms with van der Waals surface area (Å²) in [5.74, 6) is -1.07. The van der Waals surface area contributed by atoms with Crippen molar-refractivity contribution in [1.82, 2.24) is 5.32 Å². The molecule has 0 aromatic heterocycles. The zero-order chi connectivity index (χ0) is 18.6. The SMILES string of the molecule is C[C@@H](OC(=O)c1ccc(O)cc1)C(=O)N[C@H](C)c1ccc(Cl)cc1Cl. The number of carbonyl (C=O) groups excluding carboxylic acids is 2. The average molecular weight is 382 g/mol. The summed E-state index contributed by atoms with van der Waals surface area (Å²) < 4.78 is 5.14. The first-order chi connectivity index (χ1) is 11.8. The number of esters is 1. The second-order valence-electron chi connectivity index (χ2n) is 5.49. The Morgan fingerprint density at radius 2 is 1.72 bits per heavy atom. The first kappa shape index (κ1) is 19.1. The molecule has 0 spiro atoms. The number of halogens is 2. The van der Waals surface area contributed by atoms with E-state index in [1.54, 1.807) is 25.1 Å². The van der Waals surface area contributed by atoms with Gasteiger partial charge in [0.1, 0.15) is 5.75 Å². The lowest BCUT2D eigenvalue weighted by Crippen LogP contribution is -2.37. The first-order valence-corrected chi connectivity index (χ1v) is 8.29. The number of amides is 1. The van der Waals surface area contributed by atoms with Crippen LogP contribution < -0.4 is 5.32 Å². The van der Waals surface area contributed by atoms with Crippen LogP contribution in [-0.2, 0) is 9.53 Å². The number of benzene rings is 2. The van der Waals surface area contributed by atoms with Gasteiger partial charge in [-0.25, -0.2) is 4.79 Å². The molecule has 0 radical (unpaired) electrons. The topological polar surface area (TPSA) is 75.6 Å². The van der Waals surface area contributed by atoms with Crippen molar-refractivity contribution in [3.8, 4) is 5.75 Å². The van der Waals surface area contributed by atoms with Crippen LogP contribution in [0.1, 0.15) is 35.8 Å². The van der Waals surface area contributed by atoms with Crippen molar-refractivity contribution in [2.75, 3.05) is 0 Å². The normalized spacial score (nSPS) is 13.0. The lowest BCUT2D eigenvalue weighted by atomic mass is 10.1. The maximum atomic E-state index is 12.2. The van der Waals surface area contributed by atoms with Crippen LogP contribution in [0.4, 0.5) is 0 Å². The summed E-state index contributed by atoms with van der Waals surface area (Å²) in [6.07, 6.45) is -0.991. The van der Waals surface area contributed by atoms with Crippen molar-refractivity contribution in [2.45, 2.75) is 26.0 Å². The highest BCUT2D eigenvalue weighted by Crippen LogP contribution is 2.26. The number of nitrogens with one attached hydrogen (secondary N) is 1. The molecule has 0 aliphatic carbocycles. The minimum Gasteiger partial charge on any atom is -0.508 e. The van der Waals surface area contributed by atoms with E-state index in [0.29, 0.717) is 15.6 Å². The maximum absolute atomic E-state index is 12.2. The van der Waals surface area contributed by atoms with Gasteiger partial charge < -0.3 is 15.2 Å². The van der Waals surface area contributed by atoms with E-state index in [-0.39, 0.29) is 17.4 Å². The molecule has 0 bridgehead atoms. The molecule has 0 heterocycles. The van der Waals surface area contributed by atoms with Crippen LogP contribution >= 0.6 is 23.2 Å². The van der Waals surface area contributed by atoms with E-state index < -0.39 is 18.0 Å². The minimum absolute atomic E-state index is 0.0380. The van der Waals surface area contributed by atoms with Gasteiger partial charge in [-0.3, -0.25) is 4.79 Å². The number of hydrogen-bond donors (Lipinski definition) is 2. The van der Waals surface area contributed by atoms with Crippen molar-refractivity contribution < 1.29 is 19.4 Å². The van der Waals surface area contributed by atoms with Gasteiger partial charge in [0.25, 0.3) is 5.91 Å². The van der Waals surface area contributed by atoms with Crippen molar-refractivity contribution in [3.05, 3.63) is 63.6 Å². The third-order valence-corrected chi connectivity index (χ3v) is 4.11. The highest BCUT2D eigenvalue weighted by molar-refractivity contribution is 6.35. The summed E-state index contributed by atoms with van der Waals surface area (Å²) in [5, 5.41) is 12.9. The average Bonchev–Trinajstić information content (AvgIpc) is 2.55. The second-order valence-corrected chi connectivity index (χ2v) is 6.33. The van der Waals surface area contributed by atoms with E-state index in [1.807, 2.05) is 0 Å². The zero-order valence-corrected chi connectivity index (χ0v) is 15.1. The summed E-state index contributed by atoms with van der Waals surface area (Å²) in [5.41, 5.74) is 0.947. The summed E-state index contributed by atoms with van der Waals surface area (Å²) in [6, 6.07) is 10.2. The van der Waals surface area contributed by atoms with Crippen LogP contribution in [0.15, 0.2) is 42.5 Å². The number of rotatable bonds is 5. The molecule has 0 unspecified atom stereocenters. The van der Waals surface area contributed by atoms with Crippen molar-refractivity contribution in [1.29, 1.82) is 0 Å². The molecular weight excluding hydrogens is 365 g/mol. The molecule has 2 rings (SSSR count). The first-order valence-electron chi connectivity index (χ1n) is 7.53. The van der Waals surface area contributed by atoms with Crippen LogP contribution in [0.25, 0.3) is 0 Å². The Balaban J connectivity index is 1.97. The summed E-state index contributed by atoms with van der Waals surface area (Å²) in [4.78, 5) is 24.2. The number of hydrogen-bond acceptors (Lipinski definition) is 4. The molecule has 0 saturated carbocycles. The highest BCUT2D eigenvalue weighted by atomic mass is 35.5. The molecule has 0 fully saturated rings. The molecule has 7 heteroatoms. The van der Waals surface area contributed by atoms with E-state index in [2.05, 4.69) is 5.32 Å². The number of aromatic hydroxyl groups is 1. The van der Waals surface area contributed by atoms with Gasteiger partial charge in [-0.2, -0.15) is 0 Å². The molecule has 25 heavy (non-hydrogen) atoms. The van der Waals surface area contributed by atoms with E-state index >= 15 is 0 Å². The van der Waals surface area contributed by atoms with E-state index in [4.69, 9.17) is 27.9 Å². The van der Waals surface area contributed by atoms with Gasteiger partial charge in [-0.15, -0.1) is 0 Å². The number of phenolic OH excluding ortho intramolecular Hbond substituents is 1. The van der Waals surface area contributed by atoms with Gasteiger partial charge in [-0.05, 0) is 55.8 Å². The molecule has 132 valence electrons. The lowest BCUT2D eigenvalue weighted by Gasteiger charge is -2.19. The van der Waals surface area contributed by atoms with Gasteiger partial charge in [0.15, 0.2) is 6.10 Å². The fourth-order valence-electron chi connectivity index (χ4n) is 2.14. The van der Waals surface area contributed by atoms with Crippen LogP contribution in [0.5, 0.6) is 5.75 Å². The standard InChI is InChI=1S/C18H17Cl2NO4/c1-10(15-8-5-13(19)9-16(15)20)21-17(23)11(2)25-18(24)12-3-6-14(22)7-4-12/h3-11,22H,1-2H3,(H,21,23)/t10-,11-/m1/s1. The molecule has 0 saturated heterocycles. The minimum atomic E-state index is -0.991. The predicted octanol–water partition coefficient (Wildman–Crippen LogP) is 4.12. The zero-order valence-electron chi connectivity index (χ0n) is 13.6.